The van der Waals surface area contributed by atoms with Crippen LogP contribution in [0.5, 0.6) is 0 Å². The topological polar surface area (TPSA) is 42.1 Å². The molecule has 1 aromatic rings. The molecule has 4 heteroatoms. The molecule has 96 valence electrons. The van der Waals surface area contributed by atoms with E-state index in [1.54, 1.807) is 11.3 Å². The average molecular weight is 253 g/mol. The summed E-state index contributed by atoms with van der Waals surface area (Å²) in [4.78, 5) is 7.36. The fourth-order valence-corrected chi connectivity index (χ4v) is 3.57. The van der Waals surface area contributed by atoms with Crippen molar-refractivity contribution >= 4 is 11.3 Å². The normalized spacial score (nSPS) is 23.5. The first-order chi connectivity index (χ1) is 8.13. The van der Waals surface area contributed by atoms with E-state index in [1.165, 1.54) is 30.1 Å². The van der Waals surface area contributed by atoms with Gasteiger partial charge in [0.25, 0.3) is 0 Å². The van der Waals surface area contributed by atoms with Crippen molar-refractivity contribution in [1.82, 2.24) is 9.88 Å². The highest BCUT2D eigenvalue weighted by Gasteiger charge is 2.30. The molecule has 2 unspecified atom stereocenters. The van der Waals surface area contributed by atoms with Gasteiger partial charge >= 0.3 is 0 Å². The quantitative estimate of drug-likeness (QED) is 0.897. The van der Waals surface area contributed by atoms with Gasteiger partial charge < -0.3 is 5.73 Å². The number of hydrogen-bond acceptors (Lipinski definition) is 4. The van der Waals surface area contributed by atoms with Crippen molar-refractivity contribution in [1.29, 1.82) is 0 Å². The number of likely N-dealkylation sites (tertiary alicyclic amines) is 1. The predicted molar refractivity (Wildman–Crippen MR) is 73.4 cm³/mol. The molecule has 1 aromatic heterocycles. The number of thiazole rings is 1. The monoisotopic (exact) mass is 253 g/mol. The first-order valence-electron chi connectivity index (χ1n) is 6.54. The predicted octanol–water partition coefficient (Wildman–Crippen LogP) is 2.75. The van der Waals surface area contributed by atoms with Crippen LogP contribution in [0.2, 0.25) is 0 Å². The lowest BCUT2D eigenvalue weighted by atomic mass is 10.1. The lowest BCUT2D eigenvalue weighted by molar-refractivity contribution is 0.205. The van der Waals surface area contributed by atoms with Crippen LogP contribution in [0.4, 0.5) is 0 Å². The highest BCUT2D eigenvalue weighted by atomic mass is 32.1. The first kappa shape index (κ1) is 13.0. The SMILES string of the molecule is CC(CN)c1csc(C2CCCN2C(C)C)n1. The molecular weight excluding hydrogens is 230 g/mol. The molecule has 0 amide bonds. The van der Waals surface area contributed by atoms with Crippen LogP contribution >= 0.6 is 11.3 Å². The highest BCUT2D eigenvalue weighted by molar-refractivity contribution is 7.09. The lowest BCUT2D eigenvalue weighted by Gasteiger charge is -2.26. The summed E-state index contributed by atoms with van der Waals surface area (Å²) < 4.78 is 0. The number of hydrogen-bond donors (Lipinski definition) is 1. The van der Waals surface area contributed by atoms with Gasteiger partial charge in [-0.3, -0.25) is 4.90 Å². The number of nitrogens with two attached hydrogens (primary N) is 1. The molecule has 2 heterocycles. The van der Waals surface area contributed by atoms with Crippen LogP contribution in [-0.4, -0.2) is 29.0 Å². The number of nitrogens with zero attached hydrogens (tertiary/aromatic N) is 2. The van der Waals surface area contributed by atoms with E-state index in [2.05, 4.69) is 31.1 Å². The van der Waals surface area contributed by atoms with Crippen LogP contribution in [-0.2, 0) is 0 Å². The summed E-state index contributed by atoms with van der Waals surface area (Å²) in [6.07, 6.45) is 2.55. The van der Waals surface area contributed by atoms with Crippen molar-refractivity contribution in [3.63, 3.8) is 0 Å². The van der Waals surface area contributed by atoms with Gasteiger partial charge in [0.1, 0.15) is 5.01 Å². The van der Waals surface area contributed by atoms with Crippen LogP contribution in [0, 0.1) is 0 Å². The van der Waals surface area contributed by atoms with E-state index in [0.717, 1.165) is 0 Å². The third-order valence-electron chi connectivity index (χ3n) is 3.64. The first-order valence-corrected chi connectivity index (χ1v) is 7.42. The molecule has 2 rings (SSSR count). The summed E-state index contributed by atoms with van der Waals surface area (Å²) in [6, 6.07) is 1.15. The third kappa shape index (κ3) is 2.69. The Morgan fingerprint density at radius 3 is 2.94 bits per heavy atom. The highest BCUT2D eigenvalue weighted by Crippen LogP contribution is 2.35. The molecule has 0 aromatic carbocycles. The van der Waals surface area contributed by atoms with E-state index in [0.29, 0.717) is 24.5 Å². The second kappa shape index (κ2) is 5.46. The Kier molecular flexibility index (Phi) is 4.17. The smallest absolute Gasteiger partial charge is 0.110 e. The van der Waals surface area contributed by atoms with Gasteiger partial charge in [-0.25, -0.2) is 4.98 Å². The van der Waals surface area contributed by atoms with Gasteiger partial charge in [0, 0.05) is 23.9 Å². The minimum Gasteiger partial charge on any atom is -0.330 e. The zero-order valence-electron chi connectivity index (χ0n) is 11.0. The van der Waals surface area contributed by atoms with Gasteiger partial charge in [0.15, 0.2) is 0 Å². The Hall–Kier alpha value is -0.450. The minimum absolute atomic E-state index is 0.383. The third-order valence-corrected chi connectivity index (χ3v) is 4.60. The molecule has 1 aliphatic heterocycles. The zero-order chi connectivity index (χ0) is 12.4. The standard InChI is InChI=1S/C13H23N3S/c1-9(2)16-6-4-5-12(16)13-15-11(8-17-13)10(3)7-14/h8-10,12H,4-7,14H2,1-3H3. The van der Waals surface area contributed by atoms with Crippen molar-refractivity contribution in [3.05, 3.63) is 16.1 Å². The van der Waals surface area contributed by atoms with Gasteiger partial charge in [-0.15, -0.1) is 11.3 Å². The molecule has 1 fully saturated rings. The van der Waals surface area contributed by atoms with E-state index in [-0.39, 0.29) is 0 Å². The van der Waals surface area contributed by atoms with Crippen molar-refractivity contribution in [2.75, 3.05) is 13.1 Å². The van der Waals surface area contributed by atoms with E-state index < -0.39 is 0 Å². The van der Waals surface area contributed by atoms with E-state index >= 15 is 0 Å². The van der Waals surface area contributed by atoms with Crippen molar-refractivity contribution in [2.45, 2.75) is 51.6 Å². The molecule has 0 aliphatic carbocycles. The van der Waals surface area contributed by atoms with Crippen LogP contribution in [0.1, 0.15) is 56.3 Å². The molecule has 1 saturated heterocycles. The minimum atomic E-state index is 0.383. The van der Waals surface area contributed by atoms with Crippen LogP contribution in [0.3, 0.4) is 0 Å². The van der Waals surface area contributed by atoms with E-state index in [4.69, 9.17) is 10.7 Å². The molecule has 0 spiro atoms. The maximum Gasteiger partial charge on any atom is 0.110 e. The van der Waals surface area contributed by atoms with E-state index in [9.17, 15) is 0 Å². The second-order valence-electron chi connectivity index (χ2n) is 5.24. The fraction of sp³-hybridized carbons (Fsp3) is 0.769. The Labute approximate surface area is 108 Å². The Balaban J connectivity index is 2.14. The number of aromatic nitrogens is 1. The van der Waals surface area contributed by atoms with Crippen molar-refractivity contribution in [3.8, 4) is 0 Å². The summed E-state index contributed by atoms with van der Waals surface area (Å²) in [5, 5.41) is 3.47. The molecule has 0 radical (unpaired) electrons. The number of rotatable bonds is 4. The Morgan fingerprint density at radius 2 is 2.29 bits per heavy atom. The molecule has 0 bridgehead atoms. The van der Waals surface area contributed by atoms with Crippen LogP contribution in [0.15, 0.2) is 5.38 Å². The summed E-state index contributed by atoms with van der Waals surface area (Å²) in [5.41, 5.74) is 6.87. The van der Waals surface area contributed by atoms with Gasteiger partial charge in [-0.2, -0.15) is 0 Å². The molecule has 2 N–H and O–H groups in total. The van der Waals surface area contributed by atoms with Crippen molar-refractivity contribution < 1.29 is 0 Å². The van der Waals surface area contributed by atoms with Gasteiger partial charge in [-0.05, 0) is 33.2 Å². The molecule has 1 aliphatic rings. The van der Waals surface area contributed by atoms with Crippen molar-refractivity contribution in [2.24, 2.45) is 5.73 Å². The maximum atomic E-state index is 5.70. The maximum absolute atomic E-state index is 5.70. The summed E-state index contributed by atoms with van der Waals surface area (Å²) >= 11 is 1.80. The van der Waals surface area contributed by atoms with Gasteiger partial charge in [-0.1, -0.05) is 6.92 Å². The summed E-state index contributed by atoms with van der Waals surface area (Å²) in [6.45, 7) is 8.59. The largest absolute Gasteiger partial charge is 0.330 e. The summed E-state index contributed by atoms with van der Waals surface area (Å²) in [7, 11) is 0. The van der Waals surface area contributed by atoms with Crippen LogP contribution in [0.25, 0.3) is 0 Å². The van der Waals surface area contributed by atoms with Crippen LogP contribution < -0.4 is 5.73 Å². The van der Waals surface area contributed by atoms with Gasteiger partial charge in [0.2, 0.25) is 0 Å². The lowest BCUT2D eigenvalue weighted by Crippen LogP contribution is -2.30. The molecule has 2 atom stereocenters. The molecule has 3 nitrogen and oxygen atoms in total. The van der Waals surface area contributed by atoms with E-state index in [1.807, 2.05) is 0 Å². The zero-order valence-corrected chi connectivity index (χ0v) is 11.8. The van der Waals surface area contributed by atoms with Gasteiger partial charge in [0.05, 0.1) is 11.7 Å². The summed E-state index contributed by atoms with van der Waals surface area (Å²) in [5.74, 6) is 0.383. The fourth-order valence-electron chi connectivity index (χ4n) is 2.47. The molecule has 17 heavy (non-hydrogen) atoms. The second-order valence-corrected chi connectivity index (χ2v) is 6.13. The molecular formula is C13H23N3S. The Bertz CT molecular complexity index is 361. The average Bonchev–Trinajstić information content (AvgIpc) is 2.95. The molecule has 0 saturated carbocycles. The Morgan fingerprint density at radius 1 is 1.53 bits per heavy atom.